The molecule has 0 saturated heterocycles. The molecule has 0 N–H and O–H groups in total. The molecule has 1 saturated carbocycles. The molecule has 0 bridgehead atoms. The topological polar surface area (TPSA) is 0 Å². The number of rotatable bonds is 6. The molecule has 0 atom stereocenters. The maximum atomic E-state index is 15.1. The summed E-state index contributed by atoms with van der Waals surface area (Å²) in [4.78, 5) is 0. The molecule has 0 radical (unpaired) electrons. The molecule has 0 heterocycles. The van der Waals surface area contributed by atoms with Gasteiger partial charge in [-0.2, -0.15) is 0 Å². The van der Waals surface area contributed by atoms with Gasteiger partial charge in [-0.05, 0) is 53.3 Å². The van der Waals surface area contributed by atoms with Crippen molar-refractivity contribution in [3.05, 3.63) is 71.5 Å². The zero-order chi connectivity index (χ0) is 21.1. The molecular weight excluding hydrogens is 381 g/mol. The van der Waals surface area contributed by atoms with Crippen molar-refractivity contribution in [3.8, 4) is 11.1 Å². The molecule has 0 aromatic heterocycles. The van der Waals surface area contributed by atoms with E-state index in [2.05, 4.69) is 13.0 Å². The van der Waals surface area contributed by atoms with Crippen molar-refractivity contribution in [3.63, 3.8) is 0 Å². The molecular formula is C27H29F3. The van der Waals surface area contributed by atoms with E-state index in [-0.39, 0.29) is 11.4 Å². The molecule has 0 unspecified atom stereocenters. The van der Waals surface area contributed by atoms with Gasteiger partial charge in [0.15, 0.2) is 11.6 Å². The van der Waals surface area contributed by atoms with Crippen LogP contribution >= 0.6 is 0 Å². The third kappa shape index (κ3) is 4.55. The summed E-state index contributed by atoms with van der Waals surface area (Å²) >= 11 is 0. The zero-order valence-corrected chi connectivity index (χ0v) is 17.6. The summed E-state index contributed by atoms with van der Waals surface area (Å²) in [7, 11) is 0. The molecule has 0 amide bonds. The van der Waals surface area contributed by atoms with Crippen molar-refractivity contribution in [2.45, 2.75) is 58.3 Å². The lowest BCUT2D eigenvalue weighted by Crippen LogP contribution is -2.15. The highest BCUT2D eigenvalue weighted by Crippen LogP contribution is 2.35. The van der Waals surface area contributed by atoms with Gasteiger partial charge in [0, 0.05) is 10.9 Å². The van der Waals surface area contributed by atoms with Crippen molar-refractivity contribution in [1.82, 2.24) is 0 Å². The number of benzene rings is 3. The van der Waals surface area contributed by atoms with E-state index in [9.17, 15) is 8.78 Å². The molecule has 4 rings (SSSR count). The van der Waals surface area contributed by atoms with Crippen molar-refractivity contribution < 1.29 is 13.2 Å². The average molecular weight is 411 g/mol. The lowest BCUT2D eigenvalue weighted by molar-refractivity contribution is 0.252. The van der Waals surface area contributed by atoms with Gasteiger partial charge in [-0.15, -0.1) is 0 Å². The molecule has 0 spiro atoms. The molecule has 0 aliphatic heterocycles. The number of hydrogen-bond acceptors (Lipinski definition) is 0. The van der Waals surface area contributed by atoms with Crippen LogP contribution in [0, 0.1) is 29.3 Å². The summed E-state index contributed by atoms with van der Waals surface area (Å²) in [6.07, 6.45) is 10.3. The second-order valence-electron chi connectivity index (χ2n) is 8.83. The minimum absolute atomic E-state index is 0.290. The second kappa shape index (κ2) is 9.24. The number of halogens is 3. The Kier molecular flexibility index (Phi) is 6.46. The molecule has 1 aliphatic carbocycles. The van der Waals surface area contributed by atoms with E-state index < -0.39 is 11.6 Å². The Hall–Kier alpha value is -2.29. The minimum atomic E-state index is -0.967. The van der Waals surface area contributed by atoms with Gasteiger partial charge in [-0.1, -0.05) is 81.8 Å². The Balaban J connectivity index is 1.46. The van der Waals surface area contributed by atoms with Gasteiger partial charge in [0.25, 0.3) is 0 Å². The fourth-order valence-corrected chi connectivity index (χ4v) is 4.97. The van der Waals surface area contributed by atoms with Crippen LogP contribution in [0.1, 0.15) is 57.4 Å². The molecule has 1 aliphatic rings. The Labute approximate surface area is 177 Å². The van der Waals surface area contributed by atoms with E-state index in [4.69, 9.17) is 0 Å². The van der Waals surface area contributed by atoms with Gasteiger partial charge in [-0.25, -0.2) is 13.2 Å². The Morgan fingerprint density at radius 1 is 0.767 bits per heavy atom. The van der Waals surface area contributed by atoms with Crippen LogP contribution in [0.5, 0.6) is 0 Å². The molecule has 3 aromatic carbocycles. The summed E-state index contributed by atoms with van der Waals surface area (Å²) in [6.45, 7) is 2.27. The van der Waals surface area contributed by atoms with Crippen molar-refractivity contribution in [2.75, 3.05) is 0 Å². The highest BCUT2D eigenvalue weighted by atomic mass is 19.2. The van der Waals surface area contributed by atoms with Crippen LogP contribution in [0.25, 0.3) is 21.9 Å². The van der Waals surface area contributed by atoms with Crippen LogP contribution < -0.4 is 0 Å². The second-order valence-corrected chi connectivity index (χ2v) is 8.83. The highest BCUT2D eigenvalue weighted by molar-refractivity contribution is 5.88. The SMILES string of the molecule is CCC[C@H]1CC[C@H](CCc2ccc3c(F)c(-c4ccc(F)c(F)c4)ccc3c2)CC1. The van der Waals surface area contributed by atoms with Crippen LogP contribution in [-0.2, 0) is 6.42 Å². The summed E-state index contributed by atoms with van der Waals surface area (Å²) in [5, 5.41) is 1.36. The minimum Gasteiger partial charge on any atom is -0.206 e. The molecule has 30 heavy (non-hydrogen) atoms. The maximum absolute atomic E-state index is 15.1. The van der Waals surface area contributed by atoms with E-state index >= 15 is 4.39 Å². The normalized spacial score (nSPS) is 19.3. The molecule has 3 heteroatoms. The van der Waals surface area contributed by atoms with Crippen LogP contribution in [0.4, 0.5) is 13.2 Å². The van der Waals surface area contributed by atoms with Gasteiger partial charge in [-0.3, -0.25) is 0 Å². The van der Waals surface area contributed by atoms with Gasteiger partial charge >= 0.3 is 0 Å². The first-order chi connectivity index (χ1) is 14.5. The lowest BCUT2D eigenvalue weighted by Gasteiger charge is -2.28. The van der Waals surface area contributed by atoms with Gasteiger partial charge < -0.3 is 0 Å². The smallest absolute Gasteiger partial charge is 0.159 e. The van der Waals surface area contributed by atoms with Crippen LogP contribution in [0.15, 0.2) is 48.5 Å². The van der Waals surface area contributed by atoms with Crippen molar-refractivity contribution in [1.29, 1.82) is 0 Å². The first kappa shape index (κ1) is 21.0. The fourth-order valence-electron chi connectivity index (χ4n) is 4.97. The summed E-state index contributed by atoms with van der Waals surface area (Å²) < 4.78 is 41.8. The Morgan fingerprint density at radius 2 is 1.50 bits per heavy atom. The summed E-state index contributed by atoms with van der Waals surface area (Å²) in [6, 6.07) is 12.9. The monoisotopic (exact) mass is 410 g/mol. The van der Waals surface area contributed by atoms with E-state index in [0.29, 0.717) is 10.9 Å². The Bertz CT molecular complexity index is 1020. The van der Waals surface area contributed by atoms with Crippen LogP contribution in [0.3, 0.4) is 0 Å². The quantitative estimate of drug-likeness (QED) is 0.382. The van der Waals surface area contributed by atoms with Crippen LogP contribution in [-0.4, -0.2) is 0 Å². The third-order valence-electron chi connectivity index (χ3n) is 6.75. The molecule has 3 aromatic rings. The highest BCUT2D eigenvalue weighted by Gasteiger charge is 2.20. The number of hydrogen-bond donors (Lipinski definition) is 0. The van der Waals surface area contributed by atoms with E-state index in [0.717, 1.165) is 35.8 Å². The van der Waals surface area contributed by atoms with Crippen molar-refractivity contribution >= 4 is 10.8 Å². The van der Waals surface area contributed by atoms with E-state index in [1.165, 1.54) is 56.6 Å². The van der Waals surface area contributed by atoms with Crippen molar-refractivity contribution in [2.24, 2.45) is 11.8 Å². The predicted molar refractivity (Wildman–Crippen MR) is 118 cm³/mol. The Morgan fingerprint density at radius 3 is 2.20 bits per heavy atom. The zero-order valence-electron chi connectivity index (χ0n) is 17.6. The van der Waals surface area contributed by atoms with Crippen LogP contribution in [0.2, 0.25) is 0 Å². The van der Waals surface area contributed by atoms with Gasteiger partial charge in [0.05, 0.1) is 0 Å². The maximum Gasteiger partial charge on any atom is 0.159 e. The van der Waals surface area contributed by atoms with Gasteiger partial charge in [0.2, 0.25) is 0 Å². The first-order valence-corrected chi connectivity index (χ1v) is 11.2. The van der Waals surface area contributed by atoms with Gasteiger partial charge in [0.1, 0.15) is 5.82 Å². The summed E-state index contributed by atoms with van der Waals surface area (Å²) in [5.74, 6) is -0.547. The molecule has 1 fully saturated rings. The average Bonchev–Trinajstić information content (AvgIpc) is 2.76. The number of aryl methyl sites for hydroxylation is 1. The summed E-state index contributed by atoms with van der Waals surface area (Å²) in [5.41, 5.74) is 1.87. The largest absolute Gasteiger partial charge is 0.206 e. The lowest BCUT2D eigenvalue weighted by atomic mass is 9.78. The molecule has 0 nitrogen and oxygen atoms in total. The first-order valence-electron chi connectivity index (χ1n) is 11.2. The standard InChI is InChI=1S/C27H29F3/c1-2-3-18-4-6-19(7-5-18)8-9-20-10-13-23-21(16-20)11-14-24(27(23)30)22-12-15-25(28)26(29)17-22/h10-19H,2-9H2,1H3/t18-,19-. The van der Waals surface area contributed by atoms with E-state index in [1.807, 2.05) is 18.2 Å². The van der Waals surface area contributed by atoms with E-state index in [1.54, 1.807) is 6.07 Å². The number of fused-ring (bicyclic) bond motifs is 1. The third-order valence-corrected chi connectivity index (χ3v) is 6.75. The predicted octanol–water partition coefficient (Wildman–Crippen LogP) is 8.46. The molecule has 158 valence electrons. The fraction of sp³-hybridized carbons (Fsp3) is 0.407.